The first-order chi connectivity index (χ1) is 18.3. The number of anilines is 2. The van der Waals surface area contributed by atoms with Crippen LogP contribution in [0.3, 0.4) is 0 Å². The fourth-order valence-corrected chi connectivity index (χ4v) is 5.23. The number of hydrogen-bond acceptors (Lipinski definition) is 6. The summed E-state index contributed by atoms with van der Waals surface area (Å²) in [6.45, 7) is 5.58. The molecular weight excluding hydrogens is 476 g/mol. The molecule has 0 spiro atoms. The number of ether oxygens (including phenoxy) is 1. The largest absolute Gasteiger partial charge is 0.444 e. The predicted molar refractivity (Wildman–Crippen MR) is 145 cm³/mol. The van der Waals surface area contributed by atoms with E-state index in [1.165, 1.54) is 0 Å². The highest BCUT2D eigenvalue weighted by atomic mass is 16.6. The Kier molecular flexibility index (Phi) is 5.46. The topological polar surface area (TPSA) is 105 Å². The van der Waals surface area contributed by atoms with Crippen molar-refractivity contribution in [2.45, 2.75) is 51.2 Å². The van der Waals surface area contributed by atoms with Crippen molar-refractivity contribution in [1.29, 1.82) is 5.26 Å². The zero-order chi connectivity index (χ0) is 26.5. The van der Waals surface area contributed by atoms with Gasteiger partial charge in [-0.05, 0) is 69.9 Å². The van der Waals surface area contributed by atoms with Gasteiger partial charge in [-0.2, -0.15) is 5.26 Å². The van der Waals surface area contributed by atoms with Crippen LogP contribution >= 0.6 is 0 Å². The van der Waals surface area contributed by atoms with Gasteiger partial charge in [0.2, 0.25) is 0 Å². The molecule has 0 unspecified atom stereocenters. The molecule has 1 aliphatic heterocycles. The van der Waals surface area contributed by atoms with E-state index >= 15 is 0 Å². The van der Waals surface area contributed by atoms with E-state index in [2.05, 4.69) is 21.7 Å². The summed E-state index contributed by atoms with van der Waals surface area (Å²) in [5, 5.41) is 16.6. The fourth-order valence-electron chi connectivity index (χ4n) is 5.23. The van der Waals surface area contributed by atoms with Crippen LogP contribution in [0.4, 0.5) is 16.3 Å². The summed E-state index contributed by atoms with van der Waals surface area (Å²) in [5.41, 5.74) is 4.47. The van der Waals surface area contributed by atoms with Crippen LogP contribution in [-0.2, 0) is 10.3 Å². The number of nitrogens with zero attached hydrogens (tertiary/aromatic N) is 4. The number of alkyl carbamates (subject to hydrolysis) is 1. The van der Waals surface area contributed by atoms with Gasteiger partial charge in [-0.25, -0.2) is 14.8 Å². The summed E-state index contributed by atoms with van der Waals surface area (Å²) < 4.78 is 7.54. The van der Waals surface area contributed by atoms with E-state index in [0.29, 0.717) is 23.0 Å². The third kappa shape index (κ3) is 3.97. The Labute approximate surface area is 221 Å². The first-order valence-electron chi connectivity index (χ1n) is 12.7. The summed E-state index contributed by atoms with van der Waals surface area (Å²) in [7, 11) is 0. The predicted octanol–water partition coefficient (Wildman–Crippen LogP) is 6.43. The van der Waals surface area contributed by atoms with Crippen molar-refractivity contribution in [3.05, 3.63) is 78.1 Å². The Morgan fingerprint density at radius 3 is 2.55 bits per heavy atom. The second kappa shape index (κ2) is 8.73. The molecule has 6 rings (SSSR count). The monoisotopic (exact) mass is 504 g/mol. The van der Waals surface area contributed by atoms with Gasteiger partial charge < -0.3 is 15.4 Å². The van der Waals surface area contributed by atoms with Gasteiger partial charge in [-0.3, -0.25) is 4.57 Å². The number of nitriles is 1. The molecule has 0 bridgehead atoms. The number of carbonyl (C=O) groups is 1. The quantitative estimate of drug-likeness (QED) is 0.293. The van der Waals surface area contributed by atoms with E-state index in [-0.39, 0.29) is 0 Å². The van der Waals surface area contributed by atoms with Crippen LogP contribution in [0.2, 0.25) is 0 Å². The molecule has 1 fully saturated rings. The van der Waals surface area contributed by atoms with Crippen LogP contribution < -0.4 is 10.6 Å². The van der Waals surface area contributed by atoms with Gasteiger partial charge in [-0.1, -0.05) is 36.4 Å². The Hall–Kier alpha value is -4.64. The number of amides is 1. The third-order valence-electron chi connectivity index (χ3n) is 7.09. The second-order valence-electron chi connectivity index (χ2n) is 10.8. The molecule has 0 radical (unpaired) electrons. The molecule has 8 nitrogen and oxygen atoms in total. The molecule has 4 aromatic rings. The van der Waals surface area contributed by atoms with Crippen molar-refractivity contribution >= 4 is 17.6 Å². The average molecular weight is 505 g/mol. The number of para-hydroxylation sites is 1. The minimum atomic E-state index is -0.564. The number of nitrogens with one attached hydrogen (secondary N) is 2. The van der Waals surface area contributed by atoms with Crippen molar-refractivity contribution in [1.82, 2.24) is 19.9 Å². The Bertz CT molecular complexity index is 1590. The molecule has 2 N–H and O–H groups in total. The van der Waals surface area contributed by atoms with Crippen LogP contribution in [0.1, 0.15) is 51.3 Å². The number of benzene rings is 2. The Balaban J connectivity index is 1.44. The van der Waals surface area contributed by atoms with E-state index in [1.54, 1.807) is 6.20 Å². The normalized spacial score (nSPS) is 14.9. The molecule has 3 heterocycles. The minimum Gasteiger partial charge on any atom is -0.444 e. The molecule has 0 atom stereocenters. The highest BCUT2D eigenvalue weighted by molar-refractivity contribution is 5.87. The van der Waals surface area contributed by atoms with Gasteiger partial charge in [-0.15, -0.1) is 0 Å². The maximum Gasteiger partial charge on any atom is 0.408 e. The Morgan fingerprint density at radius 2 is 1.87 bits per heavy atom. The molecule has 1 saturated carbocycles. The van der Waals surface area contributed by atoms with E-state index < -0.39 is 17.2 Å². The lowest BCUT2D eigenvalue weighted by atomic mass is 9.71. The van der Waals surface area contributed by atoms with Crippen molar-refractivity contribution in [2.75, 3.05) is 5.32 Å². The van der Waals surface area contributed by atoms with Crippen LogP contribution in [-0.4, -0.2) is 26.2 Å². The summed E-state index contributed by atoms with van der Waals surface area (Å²) in [6.07, 6.45) is 4.05. The Morgan fingerprint density at radius 1 is 1.11 bits per heavy atom. The smallest absolute Gasteiger partial charge is 0.408 e. The highest BCUT2D eigenvalue weighted by Gasteiger charge is 2.41. The first-order valence-corrected chi connectivity index (χ1v) is 12.7. The molecule has 1 amide bonds. The SMILES string of the molecule is CC(C)(C)OC(=O)NC1(c2ccc(-c3c(C#N)nc4n3-c3cccnc3Nc3ccccc3-4)cc2)CCC1. The molecule has 2 aromatic heterocycles. The number of imidazole rings is 1. The molecule has 190 valence electrons. The number of rotatable bonds is 3. The molecule has 2 aliphatic rings. The van der Waals surface area contributed by atoms with Gasteiger partial charge in [0, 0.05) is 17.3 Å². The maximum absolute atomic E-state index is 12.6. The van der Waals surface area contributed by atoms with Crippen molar-refractivity contribution in [3.8, 4) is 34.4 Å². The lowest BCUT2D eigenvalue weighted by Gasteiger charge is -2.43. The molecular formula is C30H28N6O2. The van der Waals surface area contributed by atoms with Crippen LogP contribution in [0, 0.1) is 11.3 Å². The summed E-state index contributed by atoms with van der Waals surface area (Å²) in [4.78, 5) is 21.9. The van der Waals surface area contributed by atoms with E-state index in [9.17, 15) is 10.1 Å². The van der Waals surface area contributed by atoms with Crippen molar-refractivity contribution < 1.29 is 9.53 Å². The number of carbonyl (C=O) groups excluding carboxylic acids is 1. The first kappa shape index (κ1) is 23.7. The van der Waals surface area contributed by atoms with E-state index in [0.717, 1.165) is 47.3 Å². The second-order valence-corrected chi connectivity index (χ2v) is 10.8. The average Bonchev–Trinajstić information content (AvgIpc) is 3.19. The summed E-state index contributed by atoms with van der Waals surface area (Å²) in [6, 6.07) is 22.1. The van der Waals surface area contributed by atoms with E-state index in [1.807, 2.05) is 86.0 Å². The summed E-state index contributed by atoms with van der Waals surface area (Å²) >= 11 is 0. The van der Waals surface area contributed by atoms with Crippen LogP contribution in [0.15, 0.2) is 66.9 Å². The lowest BCUT2D eigenvalue weighted by Crippen LogP contribution is -2.52. The molecule has 2 aromatic carbocycles. The molecule has 38 heavy (non-hydrogen) atoms. The summed E-state index contributed by atoms with van der Waals surface area (Å²) in [5.74, 6) is 1.37. The standard InChI is InChI=1S/C30H28N6O2/c1-29(2,3)38-28(37)35-30(15-7-16-30)20-13-11-19(12-14-20)25-23(18-31)34-27-21-8-4-5-9-22(21)33-26-24(36(25)27)10-6-17-32-26/h4-6,8-14,17H,7,15-16H2,1-3H3,(H,32,33)(H,35,37). The van der Waals surface area contributed by atoms with Gasteiger partial charge in [0.1, 0.15) is 17.5 Å². The molecule has 0 saturated heterocycles. The third-order valence-corrected chi connectivity index (χ3v) is 7.09. The molecule has 1 aliphatic carbocycles. The molecule has 8 heteroatoms. The number of pyridine rings is 1. The zero-order valence-corrected chi connectivity index (χ0v) is 21.6. The number of hydrogen-bond donors (Lipinski definition) is 2. The maximum atomic E-state index is 12.6. The highest BCUT2D eigenvalue weighted by Crippen LogP contribution is 2.44. The van der Waals surface area contributed by atoms with Gasteiger partial charge >= 0.3 is 6.09 Å². The zero-order valence-electron chi connectivity index (χ0n) is 21.6. The lowest BCUT2D eigenvalue weighted by molar-refractivity contribution is 0.0377. The van der Waals surface area contributed by atoms with E-state index in [4.69, 9.17) is 9.72 Å². The van der Waals surface area contributed by atoms with Crippen molar-refractivity contribution in [2.24, 2.45) is 0 Å². The van der Waals surface area contributed by atoms with Gasteiger partial charge in [0.25, 0.3) is 0 Å². The van der Waals surface area contributed by atoms with Crippen LogP contribution in [0.5, 0.6) is 0 Å². The van der Waals surface area contributed by atoms with Gasteiger partial charge in [0.05, 0.1) is 22.6 Å². The number of aromatic nitrogens is 3. The van der Waals surface area contributed by atoms with Crippen molar-refractivity contribution in [3.63, 3.8) is 0 Å². The number of fused-ring (bicyclic) bond motifs is 5. The fraction of sp³-hybridized carbons (Fsp3) is 0.267. The van der Waals surface area contributed by atoms with Crippen LogP contribution in [0.25, 0.3) is 28.3 Å². The minimum absolute atomic E-state index is 0.337. The van der Waals surface area contributed by atoms with Gasteiger partial charge in [0.15, 0.2) is 11.5 Å².